The van der Waals surface area contributed by atoms with E-state index in [4.69, 9.17) is 4.52 Å². The second kappa shape index (κ2) is 15.3. The molecule has 0 atom stereocenters. The summed E-state index contributed by atoms with van der Waals surface area (Å²) in [4.78, 5) is 0. The van der Waals surface area contributed by atoms with Crippen molar-refractivity contribution in [2.24, 2.45) is 0 Å². The van der Waals surface area contributed by atoms with Gasteiger partial charge in [-0.3, -0.25) is 0 Å². The molecule has 0 fully saturated rings. The number of aromatic nitrogens is 1. The summed E-state index contributed by atoms with van der Waals surface area (Å²) in [6.45, 7) is 17.6. The van der Waals surface area contributed by atoms with E-state index >= 15 is 0 Å². The molecule has 0 radical (unpaired) electrons. The minimum absolute atomic E-state index is 0.849. The fourth-order valence-corrected chi connectivity index (χ4v) is 1.65. The van der Waals surface area contributed by atoms with Crippen LogP contribution in [0, 0.1) is 0 Å². The second-order valence-corrected chi connectivity index (χ2v) is 3.66. The van der Waals surface area contributed by atoms with Gasteiger partial charge in [-0.2, -0.15) is 0 Å². The molecule has 1 heterocycles. The molecule has 122 valence electrons. The molecule has 0 saturated carbocycles. The molecule has 0 aliphatic heterocycles. The van der Waals surface area contributed by atoms with E-state index in [1.807, 2.05) is 84.9 Å². The lowest BCUT2D eigenvalue weighted by Crippen LogP contribution is -1.88. The van der Waals surface area contributed by atoms with Crippen LogP contribution < -0.4 is 0 Å². The van der Waals surface area contributed by atoms with E-state index in [-0.39, 0.29) is 0 Å². The van der Waals surface area contributed by atoms with Crippen LogP contribution in [0.15, 0.2) is 59.9 Å². The first-order valence-electron chi connectivity index (χ1n) is 7.98. The largest absolute Gasteiger partial charge is 0.363 e. The van der Waals surface area contributed by atoms with Crippen LogP contribution in [0.4, 0.5) is 0 Å². The van der Waals surface area contributed by atoms with E-state index in [2.05, 4.69) is 11.7 Å². The summed E-state index contributed by atoms with van der Waals surface area (Å²) in [6.07, 6.45) is 15.4. The minimum Gasteiger partial charge on any atom is -0.363 e. The molecule has 0 N–H and O–H groups in total. The van der Waals surface area contributed by atoms with E-state index in [0.717, 1.165) is 22.4 Å². The minimum atomic E-state index is 0.849. The van der Waals surface area contributed by atoms with Crippen molar-refractivity contribution in [3.63, 3.8) is 0 Å². The third kappa shape index (κ3) is 7.07. The van der Waals surface area contributed by atoms with Gasteiger partial charge in [0.2, 0.25) is 0 Å². The highest BCUT2D eigenvalue weighted by atomic mass is 16.5. The van der Waals surface area contributed by atoms with Gasteiger partial charge in [0.05, 0.1) is 0 Å². The second-order valence-electron chi connectivity index (χ2n) is 3.66. The topological polar surface area (TPSA) is 26.0 Å². The van der Waals surface area contributed by atoms with Crippen LogP contribution in [-0.4, -0.2) is 5.16 Å². The zero-order chi connectivity index (χ0) is 17.4. The lowest BCUT2D eigenvalue weighted by molar-refractivity contribution is 0.417. The van der Waals surface area contributed by atoms with E-state index in [0.29, 0.717) is 0 Å². The van der Waals surface area contributed by atoms with Crippen molar-refractivity contribution in [3.05, 3.63) is 66.6 Å². The Kier molecular flexibility index (Phi) is 15.4. The van der Waals surface area contributed by atoms with Crippen LogP contribution in [0.25, 0.3) is 11.1 Å². The fourth-order valence-electron chi connectivity index (χ4n) is 1.65. The molecule has 0 saturated heterocycles. The Morgan fingerprint density at radius 1 is 1.00 bits per heavy atom. The number of rotatable bonds is 5. The molecule has 0 bridgehead atoms. The molecule has 1 rings (SSSR count). The average Bonchev–Trinajstić information content (AvgIpc) is 3.06. The van der Waals surface area contributed by atoms with Gasteiger partial charge < -0.3 is 4.52 Å². The first-order chi connectivity index (χ1) is 10.8. The third-order valence-electron chi connectivity index (χ3n) is 2.53. The van der Waals surface area contributed by atoms with Gasteiger partial charge in [-0.15, -0.1) is 0 Å². The zero-order valence-electron chi connectivity index (χ0n) is 15.2. The van der Waals surface area contributed by atoms with Crippen molar-refractivity contribution in [1.29, 1.82) is 0 Å². The van der Waals surface area contributed by atoms with Gasteiger partial charge >= 0.3 is 0 Å². The lowest BCUT2D eigenvalue weighted by Gasteiger charge is -2.02. The van der Waals surface area contributed by atoms with Crippen molar-refractivity contribution in [2.45, 2.75) is 48.5 Å². The molecule has 0 spiro atoms. The molecule has 2 heteroatoms. The summed E-state index contributed by atoms with van der Waals surface area (Å²) in [7, 11) is 0. The Balaban J connectivity index is 0. The Morgan fingerprint density at radius 3 is 2.05 bits per heavy atom. The Morgan fingerprint density at radius 2 is 1.59 bits per heavy atom. The summed E-state index contributed by atoms with van der Waals surface area (Å²) in [5.41, 5.74) is 3.96. The molecule has 0 aliphatic carbocycles. The van der Waals surface area contributed by atoms with E-state index in [1.54, 1.807) is 12.3 Å². The van der Waals surface area contributed by atoms with Gasteiger partial charge in [0, 0.05) is 11.1 Å². The lowest BCUT2D eigenvalue weighted by atomic mass is 10.0. The molecule has 1 aromatic heterocycles. The number of hydrogen-bond donors (Lipinski definition) is 0. The highest BCUT2D eigenvalue weighted by Crippen LogP contribution is 2.26. The monoisotopic (exact) mass is 301 g/mol. The molecule has 2 nitrogen and oxygen atoms in total. The Hall–Kier alpha value is -2.09. The van der Waals surface area contributed by atoms with Crippen molar-refractivity contribution in [1.82, 2.24) is 5.16 Å². The van der Waals surface area contributed by atoms with Crippen LogP contribution in [-0.2, 0) is 0 Å². The SMILES string of the molecule is C=C/C=C\C(=C/C)c1nocc1C(/C=C\C)=C/C.CC.CC. The van der Waals surface area contributed by atoms with Crippen LogP contribution in [0.5, 0.6) is 0 Å². The highest BCUT2D eigenvalue weighted by Gasteiger charge is 2.12. The molecule has 1 aromatic rings. The number of allylic oxidation sites excluding steroid dienone is 9. The van der Waals surface area contributed by atoms with Crippen LogP contribution >= 0.6 is 0 Å². The van der Waals surface area contributed by atoms with E-state index < -0.39 is 0 Å². The average molecular weight is 301 g/mol. The quantitative estimate of drug-likeness (QED) is 0.556. The van der Waals surface area contributed by atoms with Crippen LogP contribution in [0.2, 0.25) is 0 Å². The predicted molar refractivity (Wildman–Crippen MR) is 101 cm³/mol. The molecule has 0 aromatic carbocycles. The van der Waals surface area contributed by atoms with E-state index in [9.17, 15) is 0 Å². The standard InChI is InChI=1S/C16H19NO.2C2H6/c1-5-9-11-14(8-4)16-15(12-18-17-16)13(7-3)10-6-2;2*1-2/h5-12H,1H2,2-4H3;2*1-2H3/b10-6-,11-9-,13-7+,14-8+;;. The normalized spacial score (nSPS) is 11.8. The smallest absolute Gasteiger partial charge is 0.132 e. The molecule has 0 aliphatic rings. The number of hydrogen-bond acceptors (Lipinski definition) is 2. The van der Waals surface area contributed by atoms with Gasteiger partial charge in [-0.25, -0.2) is 0 Å². The number of nitrogens with zero attached hydrogens (tertiary/aromatic N) is 1. The zero-order valence-corrected chi connectivity index (χ0v) is 15.2. The van der Waals surface area contributed by atoms with Crippen molar-refractivity contribution in [3.8, 4) is 0 Å². The summed E-state index contributed by atoms with van der Waals surface area (Å²) >= 11 is 0. The van der Waals surface area contributed by atoms with Crippen LogP contribution in [0.3, 0.4) is 0 Å². The van der Waals surface area contributed by atoms with Gasteiger partial charge in [0.15, 0.2) is 0 Å². The maximum atomic E-state index is 5.11. The summed E-state index contributed by atoms with van der Waals surface area (Å²) < 4.78 is 5.11. The predicted octanol–water partition coefficient (Wildman–Crippen LogP) is 6.85. The molecular formula is C20H31NO. The van der Waals surface area contributed by atoms with Gasteiger partial charge in [0.1, 0.15) is 12.0 Å². The van der Waals surface area contributed by atoms with Gasteiger partial charge in [-0.05, 0) is 26.3 Å². The maximum absolute atomic E-state index is 5.11. The van der Waals surface area contributed by atoms with Crippen molar-refractivity contribution >= 4 is 11.1 Å². The van der Waals surface area contributed by atoms with Gasteiger partial charge in [0.25, 0.3) is 0 Å². The fraction of sp³-hybridized carbons (Fsp3) is 0.350. The molecule has 0 amide bonds. The third-order valence-corrected chi connectivity index (χ3v) is 2.53. The molecule has 22 heavy (non-hydrogen) atoms. The maximum Gasteiger partial charge on any atom is 0.132 e. The van der Waals surface area contributed by atoms with Crippen molar-refractivity contribution in [2.75, 3.05) is 0 Å². The first kappa shape index (κ1) is 22.2. The Labute approximate surface area is 136 Å². The van der Waals surface area contributed by atoms with E-state index in [1.165, 1.54) is 0 Å². The molecular weight excluding hydrogens is 270 g/mol. The first-order valence-corrected chi connectivity index (χ1v) is 7.98. The van der Waals surface area contributed by atoms with Crippen LogP contribution in [0.1, 0.15) is 59.7 Å². The van der Waals surface area contributed by atoms with Crippen molar-refractivity contribution < 1.29 is 4.52 Å². The highest BCUT2D eigenvalue weighted by molar-refractivity contribution is 5.84. The summed E-state index contributed by atoms with van der Waals surface area (Å²) in [5.74, 6) is 0. The summed E-state index contributed by atoms with van der Waals surface area (Å²) in [6, 6.07) is 0. The summed E-state index contributed by atoms with van der Waals surface area (Å²) in [5, 5.41) is 4.09. The Bertz CT molecular complexity index is 514. The van der Waals surface area contributed by atoms with Gasteiger partial charge in [-0.1, -0.05) is 82.0 Å². The molecule has 0 unspecified atom stereocenters.